The molecule has 4 atom stereocenters. The smallest absolute Gasteiger partial charge is 0.316 e. The standard InChI is InChI=1S/C21H25BrFN3O5/c1-9(2)15(17(27)13(21(30)31)14(24)18(28)19(22)23)25-20(29)16-10(3)11-7-5-6-8-12(11)26(16)4/h5-9,13-15,19H,24H2,1-4H3,(H,25,29)(H,30,31)/t13?,14?,15-,19?/m0/s1. The molecule has 0 fully saturated rings. The number of aromatic nitrogens is 1. The molecule has 1 amide bonds. The van der Waals surface area contributed by atoms with Gasteiger partial charge in [0.15, 0.2) is 11.6 Å². The van der Waals surface area contributed by atoms with Crippen LogP contribution in [0.3, 0.4) is 0 Å². The Bertz CT molecular complexity index is 994. The number of carbonyl (C=O) groups excluding carboxylic acids is 3. The van der Waals surface area contributed by atoms with Gasteiger partial charge in [-0.1, -0.05) is 32.0 Å². The second kappa shape index (κ2) is 9.69. The zero-order chi connectivity index (χ0) is 23.6. The van der Waals surface area contributed by atoms with E-state index in [0.29, 0.717) is 11.3 Å². The molecule has 1 heterocycles. The van der Waals surface area contributed by atoms with Crippen LogP contribution in [0, 0.1) is 18.8 Å². The molecule has 1 aromatic heterocycles. The van der Waals surface area contributed by atoms with Crippen molar-refractivity contribution in [1.82, 2.24) is 9.88 Å². The van der Waals surface area contributed by atoms with Gasteiger partial charge in [-0.2, -0.15) is 0 Å². The summed E-state index contributed by atoms with van der Waals surface area (Å²) in [6.07, 6.45) is 0. The highest BCUT2D eigenvalue weighted by molar-refractivity contribution is 9.09. The number of halogens is 2. The fourth-order valence-electron chi connectivity index (χ4n) is 3.64. The predicted octanol–water partition coefficient (Wildman–Crippen LogP) is 2.10. The lowest BCUT2D eigenvalue weighted by molar-refractivity contribution is -0.150. The van der Waals surface area contributed by atoms with E-state index in [-0.39, 0.29) is 0 Å². The van der Waals surface area contributed by atoms with E-state index in [4.69, 9.17) is 5.73 Å². The number of alkyl halides is 2. The topological polar surface area (TPSA) is 131 Å². The number of carbonyl (C=O) groups is 4. The average molecular weight is 498 g/mol. The van der Waals surface area contributed by atoms with Gasteiger partial charge < -0.3 is 20.7 Å². The number of amides is 1. The number of rotatable bonds is 9. The number of hydrogen-bond donors (Lipinski definition) is 3. The van der Waals surface area contributed by atoms with E-state index >= 15 is 0 Å². The van der Waals surface area contributed by atoms with Crippen LogP contribution in [0.5, 0.6) is 0 Å². The minimum atomic E-state index is -2.21. The third-order valence-electron chi connectivity index (χ3n) is 5.31. The molecule has 0 aliphatic carbocycles. The SMILES string of the molecule is Cc1c(C(=O)N[C@H](C(=O)C(C(=O)O)C(N)C(=O)C(F)Br)C(C)C)n(C)c2ccccc12. The van der Waals surface area contributed by atoms with Crippen molar-refractivity contribution in [2.75, 3.05) is 0 Å². The maximum absolute atomic E-state index is 13.3. The normalized spacial score (nSPS) is 15.4. The third-order valence-corrected chi connectivity index (χ3v) is 5.76. The van der Waals surface area contributed by atoms with Crippen LogP contribution in [-0.2, 0) is 21.4 Å². The van der Waals surface area contributed by atoms with Crippen LogP contribution < -0.4 is 11.1 Å². The molecule has 8 nitrogen and oxygen atoms in total. The molecule has 1 aromatic carbocycles. The van der Waals surface area contributed by atoms with Crippen molar-refractivity contribution < 1.29 is 28.7 Å². The van der Waals surface area contributed by atoms with Crippen LogP contribution in [0.2, 0.25) is 0 Å². The van der Waals surface area contributed by atoms with E-state index in [9.17, 15) is 28.7 Å². The monoisotopic (exact) mass is 497 g/mol. The summed E-state index contributed by atoms with van der Waals surface area (Å²) in [6.45, 7) is 5.01. The summed E-state index contributed by atoms with van der Waals surface area (Å²) in [6, 6.07) is 4.24. The number of hydrogen-bond acceptors (Lipinski definition) is 5. The molecule has 3 unspecified atom stereocenters. The van der Waals surface area contributed by atoms with E-state index in [0.717, 1.165) is 10.9 Å². The fourth-order valence-corrected chi connectivity index (χ4v) is 3.94. The van der Waals surface area contributed by atoms with E-state index in [1.54, 1.807) is 32.4 Å². The quantitative estimate of drug-likeness (QED) is 0.359. The Labute approximate surface area is 187 Å². The molecule has 4 N–H and O–H groups in total. The van der Waals surface area contributed by atoms with E-state index in [1.165, 1.54) is 0 Å². The van der Waals surface area contributed by atoms with Gasteiger partial charge in [0.2, 0.25) is 5.08 Å². The molecular weight excluding hydrogens is 473 g/mol. The first kappa shape index (κ1) is 24.7. The van der Waals surface area contributed by atoms with E-state index in [2.05, 4.69) is 21.2 Å². The molecule has 0 saturated heterocycles. The second-order valence-electron chi connectivity index (χ2n) is 7.69. The Morgan fingerprint density at radius 1 is 1.16 bits per heavy atom. The number of carboxylic acid groups (broad SMARTS) is 1. The summed E-state index contributed by atoms with van der Waals surface area (Å²) in [5, 5.41) is 10.8. The van der Waals surface area contributed by atoms with Gasteiger partial charge in [-0.05, 0) is 40.4 Å². The zero-order valence-corrected chi connectivity index (χ0v) is 19.1. The summed E-state index contributed by atoms with van der Waals surface area (Å²) in [4.78, 5) is 49.7. The number of nitrogens with zero attached hydrogens (tertiary/aromatic N) is 1. The van der Waals surface area contributed by atoms with Gasteiger partial charge in [-0.3, -0.25) is 19.2 Å². The van der Waals surface area contributed by atoms with Crippen molar-refractivity contribution in [3.05, 3.63) is 35.5 Å². The van der Waals surface area contributed by atoms with Crippen molar-refractivity contribution in [3.63, 3.8) is 0 Å². The average Bonchev–Trinajstić information content (AvgIpc) is 2.95. The second-order valence-corrected chi connectivity index (χ2v) is 8.50. The van der Waals surface area contributed by atoms with Gasteiger partial charge in [0.05, 0.1) is 12.1 Å². The maximum atomic E-state index is 13.3. The molecule has 0 bridgehead atoms. The number of aliphatic carboxylic acids is 1. The van der Waals surface area contributed by atoms with Gasteiger partial charge in [-0.25, -0.2) is 4.39 Å². The molecular formula is C21H25BrFN3O5. The largest absolute Gasteiger partial charge is 0.481 e. The van der Waals surface area contributed by atoms with Crippen molar-refractivity contribution >= 4 is 50.3 Å². The first-order valence-corrected chi connectivity index (χ1v) is 10.5. The summed E-state index contributed by atoms with van der Waals surface area (Å²) in [5.41, 5.74) is 7.44. The lowest BCUT2D eigenvalue weighted by Crippen LogP contribution is -2.55. The molecule has 0 aliphatic rings. The Morgan fingerprint density at radius 3 is 2.23 bits per heavy atom. The highest BCUT2D eigenvalue weighted by atomic mass is 79.9. The van der Waals surface area contributed by atoms with Crippen LogP contribution in [0.4, 0.5) is 4.39 Å². The van der Waals surface area contributed by atoms with Gasteiger partial charge in [0.1, 0.15) is 11.6 Å². The van der Waals surface area contributed by atoms with Crippen LogP contribution in [-0.4, -0.2) is 50.3 Å². The zero-order valence-electron chi connectivity index (χ0n) is 17.6. The van der Waals surface area contributed by atoms with Crippen LogP contribution in [0.25, 0.3) is 10.9 Å². The lowest BCUT2D eigenvalue weighted by atomic mass is 9.85. The summed E-state index contributed by atoms with van der Waals surface area (Å²) in [7, 11) is 1.71. The van der Waals surface area contributed by atoms with Crippen molar-refractivity contribution in [2.45, 2.75) is 37.9 Å². The van der Waals surface area contributed by atoms with Crippen molar-refractivity contribution in [1.29, 1.82) is 0 Å². The van der Waals surface area contributed by atoms with Crippen LogP contribution in [0.15, 0.2) is 24.3 Å². The third kappa shape index (κ3) is 4.85. The summed E-state index contributed by atoms with van der Waals surface area (Å²) >= 11 is 2.40. The van der Waals surface area contributed by atoms with Crippen molar-refractivity contribution in [3.8, 4) is 0 Å². The minimum Gasteiger partial charge on any atom is -0.481 e. The van der Waals surface area contributed by atoms with Gasteiger partial charge in [0, 0.05) is 18.0 Å². The number of carboxylic acids is 1. The molecule has 31 heavy (non-hydrogen) atoms. The number of aryl methyl sites for hydroxylation is 2. The number of Topliss-reactive ketones (excluding diaryl/α,β-unsaturated/α-hetero) is 2. The fraction of sp³-hybridized carbons (Fsp3) is 0.429. The van der Waals surface area contributed by atoms with Crippen LogP contribution >= 0.6 is 15.9 Å². The number of nitrogens with two attached hydrogens (primary N) is 1. The van der Waals surface area contributed by atoms with Gasteiger partial charge in [0.25, 0.3) is 5.91 Å². The Balaban J connectivity index is 2.40. The molecule has 0 saturated carbocycles. The number of ketones is 2. The van der Waals surface area contributed by atoms with Crippen LogP contribution in [0.1, 0.15) is 29.9 Å². The molecule has 2 aromatic rings. The Hall–Kier alpha value is -2.59. The maximum Gasteiger partial charge on any atom is 0.316 e. The molecule has 2 rings (SSSR count). The number of fused-ring (bicyclic) bond motifs is 1. The van der Waals surface area contributed by atoms with Gasteiger partial charge >= 0.3 is 5.97 Å². The molecule has 10 heteroatoms. The first-order valence-electron chi connectivity index (χ1n) is 9.59. The first-order chi connectivity index (χ1) is 14.4. The number of nitrogens with one attached hydrogen (secondary N) is 1. The summed E-state index contributed by atoms with van der Waals surface area (Å²) < 4.78 is 15.0. The highest BCUT2D eigenvalue weighted by Gasteiger charge is 2.43. The minimum absolute atomic E-state index is 0.316. The Morgan fingerprint density at radius 2 is 1.74 bits per heavy atom. The lowest BCUT2D eigenvalue weighted by Gasteiger charge is -2.27. The molecule has 168 valence electrons. The molecule has 0 radical (unpaired) electrons. The highest BCUT2D eigenvalue weighted by Crippen LogP contribution is 2.25. The summed E-state index contributed by atoms with van der Waals surface area (Å²) in [5.74, 6) is -7.00. The number of benzene rings is 1. The van der Waals surface area contributed by atoms with Crippen molar-refractivity contribution in [2.24, 2.45) is 24.6 Å². The number of para-hydroxylation sites is 1. The Kier molecular flexibility index (Phi) is 7.72. The molecule has 0 aliphatic heterocycles. The van der Waals surface area contributed by atoms with Gasteiger partial charge in [-0.15, -0.1) is 0 Å². The predicted molar refractivity (Wildman–Crippen MR) is 117 cm³/mol. The van der Waals surface area contributed by atoms with E-state index < -0.39 is 52.4 Å². The van der Waals surface area contributed by atoms with E-state index in [1.807, 2.05) is 24.3 Å². The molecule has 0 spiro atoms.